The van der Waals surface area contributed by atoms with Gasteiger partial charge in [0, 0.05) is 25.9 Å². The molecule has 0 aliphatic carbocycles. The number of amides is 1. The van der Waals surface area contributed by atoms with E-state index in [0.29, 0.717) is 5.69 Å². The molecule has 0 aliphatic rings. The molecule has 5 nitrogen and oxygen atoms in total. The van der Waals surface area contributed by atoms with Crippen molar-refractivity contribution in [3.05, 3.63) is 27.7 Å². The fourth-order valence-electron chi connectivity index (χ4n) is 1.14. The normalized spacial score (nSPS) is 9.93. The molecule has 0 saturated heterocycles. The number of hydrogen-bond donors (Lipinski definition) is 2. The zero-order valence-electron chi connectivity index (χ0n) is 8.29. The molecule has 1 rings (SSSR count). The molecule has 1 aromatic heterocycles. The Morgan fingerprint density at radius 2 is 2.14 bits per heavy atom. The summed E-state index contributed by atoms with van der Waals surface area (Å²) in [5.74, 6) is -0.868. The summed E-state index contributed by atoms with van der Waals surface area (Å²) in [6.45, 7) is 1.68. The first-order chi connectivity index (χ1) is 6.49. The Morgan fingerprint density at radius 1 is 1.57 bits per heavy atom. The van der Waals surface area contributed by atoms with E-state index in [0.717, 1.165) is 0 Å². The van der Waals surface area contributed by atoms with Gasteiger partial charge < -0.3 is 15.0 Å². The zero-order valence-corrected chi connectivity index (χ0v) is 8.29. The van der Waals surface area contributed by atoms with Gasteiger partial charge in [-0.15, -0.1) is 0 Å². The van der Waals surface area contributed by atoms with Gasteiger partial charge in [-0.3, -0.25) is 9.59 Å². The molecule has 76 valence electrons. The Bertz CT molecular complexity index is 434. The van der Waals surface area contributed by atoms with Gasteiger partial charge in [0.15, 0.2) is 0 Å². The molecule has 0 unspecified atom stereocenters. The molecular formula is C9H12N2O3. The predicted molar refractivity (Wildman–Crippen MR) is 51.5 cm³/mol. The van der Waals surface area contributed by atoms with Crippen LogP contribution in [0.25, 0.3) is 0 Å². The number of aromatic nitrogens is 1. The van der Waals surface area contributed by atoms with Crippen LogP contribution in [0, 0.1) is 6.92 Å². The van der Waals surface area contributed by atoms with E-state index in [2.05, 4.69) is 5.32 Å². The minimum absolute atomic E-state index is 0.222. The molecule has 1 aromatic rings. The maximum Gasteiger partial charge on any atom is 0.267 e. The first kappa shape index (κ1) is 10.3. The van der Waals surface area contributed by atoms with Crippen LogP contribution in [0.4, 0.5) is 0 Å². The average Bonchev–Trinajstić information content (AvgIpc) is 2.14. The van der Waals surface area contributed by atoms with Crippen molar-refractivity contribution in [3.8, 4) is 5.75 Å². The lowest BCUT2D eigenvalue weighted by Gasteiger charge is -2.07. The molecule has 0 aromatic carbocycles. The SMILES string of the molecule is CNC(=O)c1c(O)cc(C)n(C)c1=O. The van der Waals surface area contributed by atoms with Gasteiger partial charge in [0.1, 0.15) is 11.3 Å². The summed E-state index contributed by atoms with van der Waals surface area (Å²) in [5.41, 5.74) is -0.123. The van der Waals surface area contributed by atoms with E-state index >= 15 is 0 Å². The molecule has 5 heteroatoms. The highest BCUT2D eigenvalue weighted by atomic mass is 16.3. The third-order valence-electron chi connectivity index (χ3n) is 2.10. The Balaban J connectivity index is 3.52. The number of aryl methyl sites for hydroxylation is 1. The lowest BCUT2D eigenvalue weighted by atomic mass is 10.2. The molecular weight excluding hydrogens is 184 g/mol. The Hall–Kier alpha value is -1.78. The van der Waals surface area contributed by atoms with Gasteiger partial charge in [-0.1, -0.05) is 0 Å². The number of nitrogens with zero attached hydrogens (tertiary/aromatic N) is 1. The third kappa shape index (κ3) is 1.48. The van der Waals surface area contributed by atoms with Crippen molar-refractivity contribution >= 4 is 5.91 Å². The van der Waals surface area contributed by atoms with Crippen molar-refractivity contribution in [2.75, 3.05) is 7.05 Å². The van der Waals surface area contributed by atoms with Gasteiger partial charge in [-0.25, -0.2) is 0 Å². The second-order valence-electron chi connectivity index (χ2n) is 2.99. The first-order valence-corrected chi connectivity index (χ1v) is 4.10. The minimum Gasteiger partial charge on any atom is -0.507 e. The van der Waals surface area contributed by atoms with Gasteiger partial charge in [-0.05, 0) is 6.92 Å². The standard InChI is InChI=1S/C9H12N2O3/c1-5-4-6(12)7(8(13)10-2)9(14)11(5)3/h4,12H,1-3H3,(H,10,13). The number of rotatable bonds is 1. The van der Waals surface area contributed by atoms with E-state index in [9.17, 15) is 14.7 Å². The number of aromatic hydroxyl groups is 1. The number of hydrogen-bond acceptors (Lipinski definition) is 3. The molecule has 14 heavy (non-hydrogen) atoms. The number of carbonyl (C=O) groups excluding carboxylic acids is 1. The smallest absolute Gasteiger partial charge is 0.267 e. The van der Waals surface area contributed by atoms with Crippen LogP contribution in [-0.2, 0) is 7.05 Å². The summed E-state index contributed by atoms with van der Waals surface area (Å²) in [7, 11) is 2.95. The summed E-state index contributed by atoms with van der Waals surface area (Å²) in [6, 6.07) is 1.38. The summed E-state index contributed by atoms with van der Waals surface area (Å²) >= 11 is 0. The van der Waals surface area contributed by atoms with Crippen LogP contribution >= 0.6 is 0 Å². The third-order valence-corrected chi connectivity index (χ3v) is 2.10. The van der Waals surface area contributed by atoms with E-state index in [4.69, 9.17) is 0 Å². The molecule has 0 spiro atoms. The fourth-order valence-corrected chi connectivity index (χ4v) is 1.14. The molecule has 0 radical (unpaired) electrons. The van der Waals surface area contributed by atoms with Crippen molar-refractivity contribution in [2.45, 2.75) is 6.92 Å². The Kier molecular flexibility index (Phi) is 2.60. The van der Waals surface area contributed by atoms with E-state index in [1.54, 1.807) is 14.0 Å². The topological polar surface area (TPSA) is 71.3 Å². The van der Waals surface area contributed by atoms with Gasteiger partial charge >= 0.3 is 0 Å². The van der Waals surface area contributed by atoms with Crippen molar-refractivity contribution in [1.82, 2.24) is 9.88 Å². The fraction of sp³-hybridized carbons (Fsp3) is 0.333. The van der Waals surface area contributed by atoms with Crippen LogP contribution in [0.15, 0.2) is 10.9 Å². The quantitative estimate of drug-likeness (QED) is 0.651. The summed E-state index contributed by atoms with van der Waals surface area (Å²) in [5, 5.41) is 11.7. The van der Waals surface area contributed by atoms with Crippen molar-refractivity contribution in [3.63, 3.8) is 0 Å². The lowest BCUT2D eigenvalue weighted by Crippen LogP contribution is -2.31. The van der Waals surface area contributed by atoms with E-state index in [-0.39, 0.29) is 11.3 Å². The molecule has 0 bridgehead atoms. The predicted octanol–water partition coefficient (Wildman–Crippen LogP) is -0.241. The number of nitrogens with one attached hydrogen (secondary N) is 1. The van der Waals surface area contributed by atoms with E-state index < -0.39 is 11.5 Å². The second kappa shape index (κ2) is 3.53. The first-order valence-electron chi connectivity index (χ1n) is 4.10. The van der Waals surface area contributed by atoms with E-state index in [1.165, 1.54) is 17.7 Å². The average molecular weight is 196 g/mol. The summed E-state index contributed by atoms with van der Waals surface area (Å²) in [6.07, 6.45) is 0. The van der Waals surface area contributed by atoms with Crippen LogP contribution in [0.5, 0.6) is 5.75 Å². The van der Waals surface area contributed by atoms with Crippen LogP contribution < -0.4 is 10.9 Å². The lowest BCUT2D eigenvalue weighted by molar-refractivity contribution is 0.0958. The highest BCUT2D eigenvalue weighted by molar-refractivity contribution is 5.96. The molecule has 0 atom stereocenters. The molecule has 2 N–H and O–H groups in total. The maximum absolute atomic E-state index is 11.6. The van der Waals surface area contributed by atoms with Gasteiger partial charge in [0.25, 0.3) is 11.5 Å². The highest BCUT2D eigenvalue weighted by Gasteiger charge is 2.16. The van der Waals surface area contributed by atoms with E-state index in [1.807, 2.05) is 0 Å². The van der Waals surface area contributed by atoms with Gasteiger partial charge in [0.2, 0.25) is 0 Å². The zero-order chi connectivity index (χ0) is 10.9. The molecule has 0 aliphatic heterocycles. The number of carbonyl (C=O) groups is 1. The Labute approximate surface area is 81.0 Å². The largest absolute Gasteiger partial charge is 0.507 e. The second-order valence-corrected chi connectivity index (χ2v) is 2.99. The molecule has 1 heterocycles. The summed E-state index contributed by atoms with van der Waals surface area (Å²) in [4.78, 5) is 22.8. The molecule has 0 saturated carbocycles. The Morgan fingerprint density at radius 3 is 2.64 bits per heavy atom. The van der Waals surface area contributed by atoms with Crippen molar-refractivity contribution in [2.24, 2.45) is 7.05 Å². The summed E-state index contributed by atoms with van der Waals surface area (Å²) < 4.78 is 1.31. The van der Waals surface area contributed by atoms with Crippen LogP contribution in [0.3, 0.4) is 0 Å². The van der Waals surface area contributed by atoms with Gasteiger partial charge in [0.05, 0.1) is 0 Å². The monoisotopic (exact) mass is 196 g/mol. The van der Waals surface area contributed by atoms with Crippen LogP contribution in [0.2, 0.25) is 0 Å². The van der Waals surface area contributed by atoms with Crippen LogP contribution in [0.1, 0.15) is 16.1 Å². The highest BCUT2D eigenvalue weighted by Crippen LogP contribution is 2.13. The van der Waals surface area contributed by atoms with Crippen molar-refractivity contribution < 1.29 is 9.90 Å². The maximum atomic E-state index is 11.6. The molecule has 1 amide bonds. The molecule has 0 fully saturated rings. The number of pyridine rings is 1. The van der Waals surface area contributed by atoms with Crippen LogP contribution in [-0.4, -0.2) is 22.6 Å². The van der Waals surface area contributed by atoms with Crippen molar-refractivity contribution in [1.29, 1.82) is 0 Å². The van der Waals surface area contributed by atoms with Gasteiger partial charge in [-0.2, -0.15) is 0 Å². The minimum atomic E-state index is -0.580.